The number of alkyl halides is 3. The summed E-state index contributed by atoms with van der Waals surface area (Å²) in [5.74, 6) is -0.451. The van der Waals surface area contributed by atoms with Gasteiger partial charge in [0.2, 0.25) is 0 Å². The van der Waals surface area contributed by atoms with Crippen LogP contribution >= 0.6 is 0 Å². The lowest BCUT2D eigenvalue weighted by molar-refractivity contribution is -0.143. The summed E-state index contributed by atoms with van der Waals surface area (Å²) in [6, 6.07) is 4.75. The number of unbranched alkanes of at least 4 members (excludes halogenated alkanes) is 1. The van der Waals surface area contributed by atoms with Crippen molar-refractivity contribution in [3.05, 3.63) is 35.4 Å². The van der Waals surface area contributed by atoms with Crippen molar-refractivity contribution in [3.8, 4) is 0 Å². The number of carbonyl (C=O) groups is 1. The Hall–Kier alpha value is -1.56. The Balaban J connectivity index is 2.78. The maximum atomic E-state index is 12.9. The topological polar surface area (TPSA) is 38.3 Å². The number of hydrogen-bond acceptors (Lipinski definition) is 3. The molecule has 1 N–H and O–H groups in total. The van der Waals surface area contributed by atoms with E-state index in [1.54, 1.807) is 6.07 Å². The summed E-state index contributed by atoms with van der Waals surface area (Å²) >= 11 is 0. The van der Waals surface area contributed by atoms with Gasteiger partial charge in [-0.25, -0.2) is 0 Å². The van der Waals surface area contributed by atoms with E-state index in [2.05, 4.69) is 10.1 Å². The molecular formula is C15H20F3NO2. The normalized spacial score (nSPS) is 13.0. The Morgan fingerprint density at radius 2 is 2.00 bits per heavy atom. The van der Waals surface area contributed by atoms with Gasteiger partial charge < -0.3 is 10.1 Å². The molecule has 3 nitrogen and oxygen atoms in total. The summed E-state index contributed by atoms with van der Waals surface area (Å²) in [7, 11) is 1.27. The van der Waals surface area contributed by atoms with Crippen LogP contribution in [0.5, 0.6) is 0 Å². The molecule has 0 aliphatic heterocycles. The molecule has 21 heavy (non-hydrogen) atoms. The minimum absolute atomic E-state index is 0.0286. The van der Waals surface area contributed by atoms with Gasteiger partial charge in [0.05, 0.1) is 12.7 Å². The zero-order valence-electron chi connectivity index (χ0n) is 12.2. The van der Waals surface area contributed by atoms with Crippen molar-refractivity contribution in [2.24, 2.45) is 0 Å². The number of carbonyl (C=O) groups excluding carboxylic acids is 1. The van der Waals surface area contributed by atoms with Crippen LogP contribution < -0.4 is 5.32 Å². The number of hydrogen-bond donors (Lipinski definition) is 1. The molecular weight excluding hydrogens is 283 g/mol. The van der Waals surface area contributed by atoms with E-state index >= 15 is 0 Å². The Bertz CT molecular complexity index is 460. The lowest BCUT2D eigenvalue weighted by atomic mass is 10.1. The van der Waals surface area contributed by atoms with Crippen molar-refractivity contribution < 1.29 is 22.7 Å². The molecule has 118 valence electrons. The van der Waals surface area contributed by atoms with Crippen LogP contribution in [0.25, 0.3) is 0 Å². The van der Waals surface area contributed by atoms with Crippen LogP contribution in [-0.4, -0.2) is 19.1 Å². The average Bonchev–Trinajstić information content (AvgIpc) is 2.46. The van der Waals surface area contributed by atoms with E-state index in [4.69, 9.17) is 0 Å². The van der Waals surface area contributed by atoms with E-state index in [0.717, 1.165) is 18.9 Å². The Morgan fingerprint density at radius 3 is 2.57 bits per heavy atom. The first-order chi connectivity index (χ1) is 9.90. The molecule has 1 aromatic carbocycles. The zero-order valence-corrected chi connectivity index (χ0v) is 12.2. The monoisotopic (exact) mass is 303 g/mol. The number of nitrogens with one attached hydrogen (secondary N) is 1. The molecule has 1 aromatic rings. The van der Waals surface area contributed by atoms with Crippen LogP contribution in [0.1, 0.15) is 37.3 Å². The second kappa shape index (κ2) is 8.02. The molecule has 6 heteroatoms. The van der Waals surface area contributed by atoms with Crippen molar-refractivity contribution in [2.75, 3.05) is 7.11 Å². The fraction of sp³-hybridized carbons (Fsp3) is 0.533. The van der Waals surface area contributed by atoms with E-state index in [9.17, 15) is 18.0 Å². The van der Waals surface area contributed by atoms with Gasteiger partial charge >= 0.3 is 12.1 Å². The van der Waals surface area contributed by atoms with Gasteiger partial charge in [-0.05, 0) is 18.1 Å². The van der Waals surface area contributed by atoms with Crippen molar-refractivity contribution in [3.63, 3.8) is 0 Å². The molecule has 0 saturated carbocycles. The fourth-order valence-corrected chi connectivity index (χ4v) is 2.04. The number of esters is 1. The van der Waals surface area contributed by atoms with E-state index in [0.29, 0.717) is 6.42 Å². The molecule has 0 bridgehead atoms. The maximum absolute atomic E-state index is 12.9. The standard InChI is InChI=1S/C15H20F3NO2/c1-3-4-9-13(14(20)21-2)19-10-11-7-5-6-8-12(11)15(16,17)18/h5-8,13,19H,3-4,9-10H2,1-2H3. The molecule has 1 atom stereocenters. The molecule has 0 aliphatic carbocycles. The van der Waals surface area contributed by atoms with Gasteiger partial charge in [-0.1, -0.05) is 38.0 Å². The summed E-state index contributed by atoms with van der Waals surface area (Å²) in [4.78, 5) is 11.6. The van der Waals surface area contributed by atoms with Crippen LogP contribution in [0.3, 0.4) is 0 Å². The van der Waals surface area contributed by atoms with E-state index in [1.165, 1.54) is 19.2 Å². The Labute approximate surface area is 122 Å². The largest absolute Gasteiger partial charge is 0.468 e. The van der Waals surface area contributed by atoms with Crippen molar-refractivity contribution in [2.45, 2.75) is 44.9 Å². The molecule has 0 spiro atoms. The molecule has 1 rings (SSSR count). The van der Waals surface area contributed by atoms with E-state index in [1.807, 2.05) is 6.92 Å². The van der Waals surface area contributed by atoms with Gasteiger partial charge in [-0.15, -0.1) is 0 Å². The highest BCUT2D eigenvalue weighted by atomic mass is 19.4. The first kappa shape index (κ1) is 17.5. The highest BCUT2D eigenvalue weighted by Crippen LogP contribution is 2.31. The SMILES string of the molecule is CCCCC(NCc1ccccc1C(F)(F)F)C(=O)OC. The van der Waals surface area contributed by atoms with Crippen LogP contribution in [0.2, 0.25) is 0 Å². The van der Waals surface area contributed by atoms with Gasteiger partial charge in [-0.2, -0.15) is 13.2 Å². The van der Waals surface area contributed by atoms with Crippen LogP contribution in [0.15, 0.2) is 24.3 Å². The van der Waals surface area contributed by atoms with Crippen LogP contribution in [-0.2, 0) is 22.3 Å². The van der Waals surface area contributed by atoms with Crippen LogP contribution in [0, 0.1) is 0 Å². The number of benzene rings is 1. The van der Waals surface area contributed by atoms with Gasteiger partial charge in [0.25, 0.3) is 0 Å². The summed E-state index contributed by atoms with van der Waals surface area (Å²) in [6.45, 7) is 1.95. The quantitative estimate of drug-likeness (QED) is 0.783. The summed E-state index contributed by atoms with van der Waals surface area (Å²) in [6.07, 6.45) is -2.16. The summed E-state index contributed by atoms with van der Waals surface area (Å²) in [5, 5.41) is 2.86. The van der Waals surface area contributed by atoms with Gasteiger partial charge in [0, 0.05) is 6.54 Å². The fourth-order valence-electron chi connectivity index (χ4n) is 2.04. The molecule has 0 fully saturated rings. The predicted molar refractivity (Wildman–Crippen MR) is 73.6 cm³/mol. The predicted octanol–water partition coefficient (Wildman–Crippen LogP) is 3.53. The number of rotatable bonds is 7. The first-order valence-electron chi connectivity index (χ1n) is 6.86. The van der Waals surface area contributed by atoms with Gasteiger partial charge in [0.15, 0.2) is 0 Å². The summed E-state index contributed by atoms with van der Waals surface area (Å²) in [5.41, 5.74) is -0.563. The van der Waals surface area contributed by atoms with Crippen molar-refractivity contribution in [1.29, 1.82) is 0 Å². The molecule has 0 aromatic heterocycles. The second-order valence-electron chi connectivity index (χ2n) is 4.75. The van der Waals surface area contributed by atoms with Crippen molar-refractivity contribution >= 4 is 5.97 Å². The highest BCUT2D eigenvalue weighted by molar-refractivity contribution is 5.75. The number of methoxy groups -OCH3 is 1. The Kier molecular flexibility index (Phi) is 6.68. The zero-order chi connectivity index (χ0) is 15.9. The molecule has 0 radical (unpaired) electrons. The molecule has 0 amide bonds. The third kappa shape index (κ3) is 5.38. The van der Waals surface area contributed by atoms with E-state index < -0.39 is 23.8 Å². The molecule has 0 aliphatic rings. The van der Waals surface area contributed by atoms with Crippen molar-refractivity contribution in [1.82, 2.24) is 5.32 Å². The van der Waals surface area contributed by atoms with Crippen LogP contribution in [0.4, 0.5) is 13.2 Å². The maximum Gasteiger partial charge on any atom is 0.416 e. The summed E-state index contributed by atoms with van der Waals surface area (Å²) < 4.78 is 43.3. The minimum Gasteiger partial charge on any atom is -0.468 e. The van der Waals surface area contributed by atoms with E-state index in [-0.39, 0.29) is 12.1 Å². The Morgan fingerprint density at radius 1 is 1.33 bits per heavy atom. The third-order valence-corrected chi connectivity index (χ3v) is 3.19. The minimum atomic E-state index is -4.40. The second-order valence-corrected chi connectivity index (χ2v) is 4.75. The highest BCUT2D eigenvalue weighted by Gasteiger charge is 2.33. The molecule has 0 heterocycles. The van der Waals surface area contributed by atoms with Gasteiger partial charge in [0.1, 0.15) is 6.04 Å². The molecule has 1 unspecified atom stereocenters. The lowest BCUT2D eigenvalue weighted by Gasteiger charge is -2.18. The first-order valence-corrected chi connectivity index (χ1v) is 6.86. The average molecular weight is 303 g/mol. The van der Waals surface area contributed by atoms with Gasteiger partial charge in [-0.3, -0.25) is 4.79 Å². The smallest absolute Gasteiger partial charge is 0.416 e. The third-order valence-electron chi connectivity index (χ3n) is 3.19. The lowest BCUT2D eigenvalue weighted by Crippen LogP contribution is -2.37. The molecule has 0 saturated heterocycles. The number of halogens is 3. The number of ether oxygens (including phenoxy) is 1.